The lowest BCUT2D eigenvalue weighted by molar-refractivity contribution is -0.147. The Morgan fingerprint density at radius 3 is 2.75 bits per heavy atom. The zero-order chi connectivity index (χ0) is 14.8. The second-order valence-corrected chi connectivity index (χ2v) is 6.32. The van der Waals surface area contributed by atoms with Crippen molar-refractivity contribution in [1.29, 1.82) is 0 Å². The first kappa shape index (κ1) is 14.5. The summed E-state index contributed by atoms with van der Waals surface area (Å²) in [5, 5.41) is 14.8. The van der Waals surface area contributed by atoms with E-state index < -0.39 is 11.4 Å². The van der Waals surface area contributed by atoms with Crippen LogP contribution >= 0.6 is 11.3 Å². The van der Waals surface area contributed by atoms with Crippen LogP contribution in [0.4, 0.5) is 0 Å². The topological polar surface area (TPSA) is 66.4 Å². The Labute approximate surface area is 121 Å². The van der Waals surface area contributed by atoms with E-state index in [1.807, 2.05) is 23.6 Å². The third-order valence-corrected chi connectivity index (χ3v) is 4.23. The average Bonchev–Trinajstić information content (AvgIpc) is 2.85. The van der Waals surface area contributed by atoms with Crippen molar-refractivity contribution >= 4 is 33.3 Å². The van der Waals surface area contributed by atoms with Gasteiger partial charge in [0.25, 0.3) is 5.91 Å². The SMILES string of the molecule is CC(C)(CCNC(=O)c1ccc2sccc2c1)C(=O)O. The van der Waals surface area contributed by atoms with Gasteiger partial charge in [-0.1, -0.05) is 0 Å². The van der Waals surface area contributed by atoms with E-state index in [1.54, 1.807) is 31.3 Å². The van der Waals surface area contributed by atoms with Gasteiger partial charge in [-0.2, -0.15) is 0 Å². The first-order valence-corrected chi connectivity index (χ1v) is 7.27. The van der Waals surface area contributed by atoms with Crippen molar-refractivity contribution in [2.75, 3.05) is 6.54 Å². The van der Waals surface area contributed by atoms with Crippen molar-refractivity contribution < 1.29 is 14.7 Å². The van der Waals surface area contributed by atoms with Gasteiger partial charge in [0.2, 0.25) is 0 Å². The Kier molecular flexibility index (Phi) is 4.09. The van der Waals surface area contributed by atoms with Gasteiger partial charge in [-0.25, -0.2) is 0 Å². The minimum atomic E-state index is -0.855. The summed E-state index contributed by atoms with van der Waals surface area (Å²) in [5.74, 6) is -1.02. The van der Waals surface area contributed by atoms with Crippen LogP contribution in [0, 0.1) is 5.41 Å². The molecule has 0 aliphatic carbocycles. The molecule has 5 heteroatoms. The van der Waals surface area contributed by atoms with Crippen molar-refractivity contribution in [1.82, 2.24) is 5.32 Å². The largest absolute Gasteiger partial charge is 0.481 e. The fourth-order valence-electron chi connectivity index (χ4n) is 1.81. The third-order valence-electron chi connectivity index (χ3n) is 3.33. The molecule has 1 aromatic heterocycles. The molecular formula is C15H17NO3S. The van der Waals surface area contributed by atoms with Gasteiger partial charge in [0, 0.05) is 16.8 Å². The monoisotopic (exact) mass is 291 g/mol. The maximum absolute atomic E-state index is 12.0. The van der Waals surface area contributed by atoms with E-state index in [2.05, 4.69) is 5.32 Å². The molecule has 0 aliphatic rings. The highest BCUT2D eigenvalue weighted by molar-refractivity contribution is 7.17. The van der Waals surface area contributed by atoms with Gasteiger partial charge in [0.15, 0.2) is 0 Å². The quantitative estimate of drug-likeness (QED) is 0.889. The number of amides is 1. The number of hydrogen-bond donors (Lipinski definition) is 2. The molecule has 0 saturated carbocycles. The minimum Gasteiger partial charge on any atom is -0.481 e. The van der Waals surface area contributed by atoms with Crippen LogP contribution in [0.2, 0.25) is 0 Å². The number of thiophene rings is 1. The Morgan fingerprint density at radius 1 is 1.30 bits per heavy atom. The van der Waals surface area contributed by atoms with Crippen LogP contribution in [0.1, 0.15) is 30.6 Å². The summed E-state index contributed by atoms with van der Waals surface area (Å²) in [7, 11) is 0. The molecule has 0 spiro atoms. The molecule has 2 rings (SSSR count). The van der Waals surface area contributed by atoms with Crippen molar-refractivity contribution in [3.05, 3.63) is 35.2 Å². The van der Waals surface area contributed by atoms with Gasteiger partial charge in [0.1, 0.15) is 0 Å². The number of fused-ring (bicyclic) bond motifs is 1. The van der Waals surface area contributed by atoms with Gasteiger partial charge < -0.3 is 10.4 Å². The summed E-state index contributed by atoms with van der Waals surface area (Å²) in [4.78, 5) is 23.0. The smallest absolute Gasteiger partial charge is 0.309 e. The van der Waals surface area contributed by atoms with Gasteiger partial charge in [-0.15, -0.1) is 11.3 Å². The van der Waals surface area contributed by atoms with E-state index in [1.165, 1.54) is 0 Å². The van der Waals surface area contributed by atoms with Crippen LogP contribution in [-0.2, 0) is 4.79 Å². The molecule has 0 unspecified atom stereocenters. The van der Waals surface area contributed by atoms with Crippen LogP contribution < -0.4 is 5.32 Å². The molecule has 20 heavy (non-hydrogen) atoms. The fraction of sp³-hybridized carbons (Fsp3) is 0.333. The van der Waals surface area contributed by atoms with Crippen molar-refractivity contribution in [3.8, 4) is 0 Å². The second kappa shape index (κ2) is 5.63. The second-order valence-electron chi connectivity index (χ2n) is 5.37. The summed E-state index contributed by atoms with van der Waals surface area (Å²) in [6, 6.07) is 7.54. The van der Waals surface area contributed by atoms with Crippen molar-refractivity contribution in [3.63, 3.8) is 0 Å². The Balaban J connectivity index is 1.96. The van der Waals surface area contributed by atoms with E-state index in [9.17, 15) is 9.59 Å². The summed E-state index contributed by atoms with van der Waals surface area (Å²) in [6.07, 6.45) is 0.398. The molecule has 1 amide bonds. The van der Waals surface area contributed by atoms with Gasteiger partial charge in [-0.05, 0) is 55.3 Å². The van der Waals surface area contributed by atoms with Crippen LogP contribution in [0.15, 0.2) is 29.6 Å². The van der Waals surface area contributed by atoms with Crippen molar-refractivity contribution in [2.24, 2.45) is 5.41 Å². The van der Waals surface area contributed by atoms with E-state index in [0.717, 1.165) is 10.1 Å². The molecule has 0 bridgehead atoms. The molecule has 0 radical (unpaired) electrons. The van der Waals surface area contributed by atoms with Crippen LogP contribution in [-0.4, -0.2) is 23.5 Å². The summed E-state index contributed by atoms with van der Waals surface area (Å²) >= 11 is 1.64. The minimum absolute atomic E-state index is 0.167. The van der Waals surface area contributed by atoms with Crippen LogP contribution in [0.5, 0.6) is 0 Å². The number of hydrogen-bond acceptors (Lipinski definition) is 3. The Bertz CT molecular complexity index is 645. The van der Waals surface area contributed by atoms with E-state index in [4.69, 9.17) is 5.11 Å². The number of carboxylic acids is 1. The number of carbonyl (C=O) groups is 2. The summed E-state index contributed by atoms with van der Waals surface area (Å²) in [6.45, 7) is 3.65. The summed E-state index contributed by atoms with van der Waals surface area (Å²) in [5.41, 5.74) is -0.228. The summed E-state index contributed by atoms with van der Waals surface area (Å²) < 4.78 is 1.15. The predicted molar refractivity (Wildman–Crippen MR) is 80.2 cm³/mol. The maximum Gasteiger partial charge on any atom is 0.309 e. The highest BCUT2D eigenvalue weighted by Crippen LogP contribution is 2.22. The van der Waals surface area contributed by atoms with Gasteiger partial charge in [0.05, 0.1) is 5.41 Å². The number of benzene rings is 1. The maximum atomic E-state index is 12.0. The lowest BCUT2D eigenvalue weighted by Gasteiger charge is -2.18. The predicted octanol–water partition coefficient (Wildman–Crippen LogP) is 3.13. The normalized spacial score (nSPS) is 11.5. The lowest BCUT2D eigenvalue weighted by Crippen LogP contribution is -2.31. The first-order valence-electron chi connectivity index (χ1n) is 6.39. The lowest BCUT2D eigenvalue weighted by atomic mass is 9.90. The number of aliphatic carboxylic acids is 1. The van der Waals surface area contributed by atoms with Crippen LogP contribution in [0.25, 0.3) is 10.1 Å². The molecule has 4 nitrogen and oxygen atoms in total. The molecule has 0 saturated heterocycles. The standard InChI is InChI=1S/C15H17NO3S/c1-15(2,14(18)19)6-7-16-13(17)11-3-4-12-10(9-11)5-8-20-12/h3-5,8-9H,6-7H2,1-2H3,(H,16,17)(H,18,19). The molecule has 106 valence electrons. The number of carboxylic acid groups (broad SMARTS) is 1. The number of rotatable bonds is 5. The zero-order valence-electron chi connectivity index (χ0n) is 11.5. The molecule has 1 heterocycles. The van der Waals surface area contributed by atoms with E-state index >= 15 is 0 Å². The molecule has 2 N–H and O–H groups in total. The Morgan fingerprint density at radius 2 is 2.05 bits per heavy atom. The molecular weight excluding hydrogens is 274 g/mol. The number of carbonyl (C=O) groups excluding carboxylic acids is 1. The molecule has 0 atom stereocenters. The van der Waals surface area contributed by atoms with Gasteiger partial charge in [-0.3, -0.25) is 9.59 Å². The average molecular weight is 291 g/mol. The fourth-order valence-corrected chi connectivity index (χ4v) is 2.58. The molecule has 2 aromatic rings. The van der Waals surface area contributed by atoms with Crippen molar-refractivity contribution in [2.45, 2.75) is 20.3 Å². The zero-order valence-corrected chi connectivity index (χ0v) is 12.3. The molecule has 0 fully saturated rings. The van der Waals surface area contributed by atoms with Crippen LogP contribution in [0.3, 0.4) is 0 Å². The number of nitrogens with one attached hydrogen (secondary N) is 1. The molecule has 1 aromatic carbocycles. The highest BCUT2D eigenvalue weighted by Gasteiger charge is 2.26. The van der Waals surface area contributed by atoms with E-state index in [-0.39, 0.29) is 5.91 Å². The van der Waals surface area contributed by atoms with Gasteiger partial charge >= 0.3 is 5.97 Å². The highest BCUT2D eigenvalue weighted by atomic mass is 32.1. The Hall–Kier alpha value is -1.88. The van der Waals surface area contributed by atoms with E-state index in [0.29, 0.717) is 18.5 Å². The first-order chi connectivity index (χ1) is 9.40. The molecule has 0 aliphatic heterocycles. The third kappa shape index (κ3) is 3.17.